The molecule has 134 valence electrons. The third-order valence-electron chi connectivity index (χ3n) is 3.96. The number of ether oxygens (including phenoxy) is 1. The fraction of sp³-hybridized carbons (Fsp3) is 0.368. The lowest BCUT2D eigenvalue weighted by Crippen LogP contribution is -2.23. The van der Waals surface area contributed by atoms with Crippen molar-refractivity contribution in [3.05, 3.63) is 52.8 Å². The molecule has 0 aliphatic heterocycles. The number of aryl methyl sites for hydroxylation is 1. The van der Waals surface area contributed by atoms with Crippen molar-refractivity contribution in [2.24, 2.45) is 0 Å². The first-order valence-electron chi connectivity index (χ1n) is 8.19. The van der Waals surface area contributed by atoms with Gasteiger partial charge in [0.25, 0.3) is 5.91 Å². The van der Waals surface area contributed by atoms with E-state index in [4.69, 9.17) is 9.84 Å². The van der Waals surface area contributed by atoms with Crippen molar-refractivity contribution in [1.29, 1.82) is 0 Å². The Morgan fingerprint density at radius 3 is 2.56 bits per heavy atom. The Bertz CT molecular complexity index is 778. The van der Waals surface area contributed by atoms with Crippen molar-refractivity contribution >= 4 is 11.9 Å². The maximum absolute atomic E-state index is 12.5. The van der Waals surface area contributed by atoms with Crippen LogP contribution in [0.3, 0.4) is 0 Å². The second-order valence-electron chi connectivity index (χ2n) is 6.26. The van der Waals surface area contributed by atoms with E-state index in [9.17, 15) is 9.59 Å². The highest BCUT2D eigenvalue weighted by molar-refractivity contribution is 5.95. The Kier molecular flexibility index (Phi) is 5.85. The lowest BCUT2D eigenvalue weighted by Gasteiger charge is -2.13. The molecule has 1 aromatic heterocycles. The number of hydrogen-bond acceptors (Lipinski definition) is 3. The van der Waals surface area contributed by atoms with Crippen LogP contribution in [0.2, 0.25) is 0 Å². The molecule has 0 atom stereocenters. The number of carbonyl (C=O) groups is 2. The van der Waals surface area contributed by atoms with Gasteiger partial charge in [0, 0.05) is 24.0 Å². The summed E-state index contributed by atoms with van der Waals surface area (Å²) in [7, 11) is 0. The fourth-order valence-electron chi connectivity index (χ4n) is 2.97. The predicted octanol–water partition coefficient (Wildman–Crippen LogP) is 3.08. The first kappa shape index (κ1) is 18.6. The third-order valence-corrected chi connectivity index (χ3v) is 3.96. The minimum absolute atomic E-state index is 0.128. The summed E-state index contributed by atoms with van der Waals surface area (Å²) in [5.74, 6) is -0.691. The first-order valence-corrected chi connectivity index (χ1v) is 8.19. The Morgan fingerprint density at radius 1 is 1.24 bits per heavy atom. The summed E-state index contributed by atoms with van der Waals surface area (Å²) in [6.45, 7) is 8.06. The molecule has 0 radical (unpaired) electrons. The van der Waals surface area contributed by atoms with E-state index in [0.717, 1.165) is 17.0 Å². The average Bonchev–Trinajstić information content (AvgIpc) is 2.86. The number of amides is 1. The standard InChI is InChI=1S/C19H24N2O4/c1-12(2)21-13(3)8-17(14(21)4)19(24)20-10-15-6-5-7-16(9-15)25-11-18(22)23/h5-9,12H,10-11H2,1-4H3,(H,20,24)(H,22,23). The number of nitrogens with one attached hydrogen (secondary N) is 1. The van der Waals surface area contributed by atoms with E-state index in [0.29, 0.717) is 23.9 Å². The molecule has 25 heavy (non-hydrogen) atoms. The second-order valence-corrected chi connectivity index (χ2v) is 6.26. The van der Waals surface area contributed by atoms with Gasteiger partial charge in [-0.25, -0.2) is 4.79 Å². The minimum Gasteiger partial charge on any atom is -0.482 e. The number of carboxylic acid groups (broad SMARTS) is 1. The second kappa shape index (κ2) is 7.88. The zero-order valence-electron chi connectivity index (χ0n) is 15.0. The first-order chi connectivity index (χ1) is 11.8. The van der Waals surface area contributed by atoms with Gasteiger partial charge in [0.2, 0.25) is 0 Å². The summed E-state index contributed by atoms with van der Waals surface area (Å²) in [6, 6.07) is 9.22. The zero-order valence-corrected chi connectivity index (χ0v) is 15.0. The quantitative estimate of drug-likeness (QED) is 0.809. The molecule has 6 heteroatoms. The van der Waals surface area contributed by atoms with Gasteiger partial charge in [-0.3, -0.25) is 4.79 Å². The number of aromatic nitrogens is 1. The van der Waals surface area contributed by atoms with Gasteiger partial charge < -0.3 is 19.7 Å². The summed E-state index contributed by atoms with van der Waals surface area (Å²) in [5, 5.41) is 11.6. The smallest absolute Gasteiger partial charge is 0.341 e. The van der Waals surface area contributed by atoms with Crippen molar-refractivity contribution in [3.63, 3.8) is 0 Å². The van der Waals surface area contributed by atoms with E-state index in [2.05, 4.69) is 23.7 Å². The van der Waals surface area contributed by atoms with Crippen LogP contribution >= 0.6 is 0 Å². The molecular formula is C19H24N2O4. The van der Waals surface area contributed by atoms with Crippen LogP contribution < -0.4 is 10.1 Å². The molecule has 0 fully saturated rings. The maximum atomic E-state index is 12.5. The topological polar surface area (TPSA) is 80.6 Å². The largest absolute Gasteiger partial charge is 0.482 e. The number of carbonyl (C=O) groups excluding carboxylic acids is 1. The molecule has 1 heterocycles. The highest BCUT2D eigenvalue weighted by Gasteiger charge is 2.16. The number of nitrogens with zero attached hydrogens (tertiary/aromatic N) is 1. The van der Waals surface area contributed by atoms with Gasteiger partial charge in [0.15, 0.2) is 6.61 Å². The van der Waals surface area contributed by atoms with Gasteiger partial charge in [-0.2, -0.15) is 0 Å². The summed E-state index contributed by atoms with van der Waals surface area (Å²) in [6.07, 6.45) is 0. The van der Waals surface area contributed by atoms with E-state index in [-0.39, 0.29) is 5.91 Å². The van der Waals surface area contributed by atoms with Gasteiger partial charge in [-0.05, 0) is 51.5 Å². The van der Waals surface area contributed by atoms with Crippen LogP contribution in [0.4, 0.5) is 0 Å². The lowest BCUT2D eigenvalue weighted by atomic mass is 10.2. The molecule has 0 spiro atoms. The molecule has 0 unspecified atom stereocenters. The summed E-state index contributed by atoms with van der Waals surface area (Å²) in [5.41, 5.74) is 3.52. The van der Waals surface area contributed by atoms with E-state index in [1.165, 1.54) is 0 Å². The highest BCUT2D eigenvalue weighted by atomic mass is 16.5. The minimum atomic E-state index is -1.03. The Balaban J connectivity index is 2.04. The van der Waals surface area contributed by atoms with Crippen LogP contribution in [0, 0.1) is 13.8 Å². The van der Waals surface area contributed by atoms with Crippen molar-refractivity contribution < 1.29 is 19.4 Å². The Morgan fingerprint density at radius 2 is 1.96 bits per heavy atom. The lowest BCUT2D eigenvalue weighted by molar-refractivity contribution is -0.139. The van der Waals surface area contributed by atoms with Crippen molar-refractivity contribution in [2.75, 3.05) is 6.61 Å². The van der Waals surface area contributed by atoms with Crippen LogP contribution in [0.15, 0.2) is 30.3 Å². The van der Waals surface area contributed by atoms with Gasteiger partial charge in [-0.15, -0.1) is 0 Å². The van der Waals surface area contributed by atoms with Gasteiger partial charge >= 0.3 is 5.97 Å². The molecule has 1 aromatic carbocycles. The van der Waals surface area contributed by atoms with Gasteiger partial charge in [0.1, 0.15) is 5.75 Å². The van der Waals surface area contributed by atoms with Crippen molar-refractivity contribution in [3.8, 4) is 5.75 Å². The number of carboxylic acids is 1. The van der Waals surface area contributed by atoms with Crippen LogP contribution in [0.5, 0.6) is 5.75 Å². The van der Waals surface area contributed by atoms with Crippen LogP contribution in [0.25, 0.3) is 0 Å². The van der Waals surface area contributed by atoms with E-state index >= 15 is 0 Å². The Labute approximate surface area is 147 Å². The number of aliphatic carboxylic acids is 1. The number of hydrogen-bond donors (Lipinski definition) is 2. The molecular weight excluding hydrogens is 320 g/mol. The molecule has 0 saturated heterocycles. The van der Waals surface area contributed by atoms with Crippen molar-refractivity contribution in [2.45, 2.75) is 40.3 Å². The van der Waals surface area contributed by atoms with E-state index in [1.807, 2.05) is 26.0 Å². The highest BCUT2D eigenvalue weighted by Crippen LogP contribution is 2.20. The fourth-order valence-corrected chi connectivity index (χ4v) is 2.97. The summed E-state index contributed by atoms with van der Waals surface area (Å²) < 4.78 is 7.28. The molecule has 1 amide bonds. The molecule has 0 bridgehead atoms. The third kappa shape index (κ3) is 4.62. The number of rotatable bonds is 7. The summed E-state index contributed by atoms with van der Waals surface area (Å²) in [4.78, 5) is 23.0. The normalized spacial score (nSPS) is 10.8. The molecule has 2 N–H and O–H groups in total. The molecule has 0 saturated carbocycles. The number of benzene rings is 1. The Hall–Kier alpha value is -2.76. The monoisotopic (exact) mass is 344 g/mol. The maximum Gasteiger partial charge on any atom is 0.341 e. The van der Waals surface area contributed by atoms with Crippen LogP contribution in [-0.4, -0.2) is 28.2 Å². The van der Waals surface area contributed by atoms with Crippen LogP contribution in [-0.2, 0) is 11.3 Å². The SMILES string of the molecule is Cc1cc(C(=O)NCc2cccc(OCC(=O)O)c2)c(C)n1C(C)C. The molecule has 6 nitrogen and oxygen atoms in total. The molecule has 2 aromatic rings. The molecule has 2 rings (SSSR count). The summed E-state index contributed by atoms with van der Waals surface area (Å²) >= 11 is 0. The zero-order chi connectivity index (χ0) is 18.6. The molecule has 0 aliphatic carbocycles. The average molecular weight is 344 g/mol. The van der Waals surface area contributed by atoms with Crippen molar-refractivity contribution in [1.82, 2.24) is 9.88 Å². The van der Waals surface area contributed by atoms with E-state index in [1.54, 1.807) is 18.2 Å². The van der Waals surface area contributed by atoms with Gasteiger partial charge in [0.05, 0.1) is 5.56 Å². The molecule has 0 aliphatic rings. The predicted molar refractivity (Wildman–Crippen MR) is 95.0 cm³/mol. The van der Waals surface area contributed by atoms with E-state index < -0.39 is 12.6 Å². The van der Waals surface area contributed by atoms with Crippen LogP contribution in [0.1, 0.15) is 47.2 Å². The van der Waals surface area contributed by atoms with Gasteiger partial charge in [-0.1, -0.05) is 12.1 Å².